The smallest absolute Gasteiger partial charge is 0.235 e. The summed E-state index contributed by atoms with van der Waals surface area (Å²) in [5.74, 6) is 2.35. The Hall–Kier alpha value is -1.76. The van der Waals surface area contributed by atoms with Gasteiger partial charge >= 0.3 is 0 Å². The molecule has 0 aliphatic carbocycles. The maximum atomic E-state index is 11.4. The maximum absolute atomic E-state index is 11.4. The van der Waals surface area contributed by atoms with Crippen molar-refractivity contribution in [1.29, 1.82) is 0 Å². The van der Waals surface area contributed by atoms with Crippen molar-refractivity contribution in [3.05, 3.63) is 17.5 Å². The Bertz CT molecular complexity index is 354. The number of H-pyrrole nitrogens is 1. The summed E-state index contributed by atoms with van der Waals surface area (Å²) in [7, 11) is 0. The fourth-order valence-corrected chi connectivity index (χ4v) is 1.44. The van der Waals surface area contributed by atoms with E-state index in [0.717, 1.165) is 11.3 Å². The SMILES string of the molecule is C#CCC(=O)N1Cc2cn[nH]c2C1. The van der Waals surface area contributed by atoms with Crippen LogP contribution in [0.25, 0.3) is 0 Å². The van der Waals surface area contributed by atoms with E-state index in [1.165, 1.54) is 0 Å². The Morgan fingerprint density at radius 2 is 2.62 bits per heavy atom. The van der Waals surface area contributed by atoms with E-state index < -0.39 is 0 Å². The van der Waals surface area contributed by atoms with Crippen molar-refractivity contribution in [2.45, 2.75) is 19.5 Å². The lowest BCUT2D eigenvalue weighted by molar-refractivity contribution is -0.130. The van der Waals surface area contributed by atoms with Gasteiger partial charge in [-0.2, -0.15) is 5.10 Å². The molecule has 0 radical (unpaired) electrons. The highest BCUT2D eigenvalue weighted by Crippen LogP contribution is 2.20. The van der Waals surface area contributed by atoms with E-state index in [2.05, 4.69) is 16.1 Å². The zero-order chi connectivity index (χ0) is 9.26. The van der Waals surface area contributed by atoms with Crippen LogP contribution in [0.4, 0.5) is 0 Å². The number of hydrogen-bond donors (Lipinski definition) is 1. The predicted octanol–water partition coefficient (Wildman–Crippen LogP) is 0.275. The van der Waals surface area contributed by atoms with Gasteiger partial charge in [-0.25, -0.2) is 0 Å². The standard InChI is InChI=1S/C9H9N3O/c1-2-3-9(13)12-5-7-4-10-11-8(7)6-12/h1,4H,3,5-6H2,(H,10,11). The number of aromatic nitrogens is 2. The minimum absolute atomic E-state index is 0.00657. The van der Waals surface area contributed by atoms with Crippen LogP contribution in [-0.2, 0) is 17.9 Å². The molecule has 1 amide bonds. The molecule has 66 valence electrons. The Balaban J connectivity index is 2.06. The lowest BCUT2D eigenvalue weighted by Crippen LogP contribution is -2.24. The number of nitrogens with one attached hydrogen (secondary N) is 1. The van der Waals surface area contributed by atoms with E-state index >= 15 is 0 Å². The average molecular weight is 175 g/mol. The summed E-state index contributed by atoms with van der Waals surface area (Å²) in [6.07, 6.45) is 6.99. The Labute approximate surface area is 75.9 Å². The monoisotopic (exact) mass is 175 g/mol. The van der Waals surface area contributed by atoms with Gasteiger partial charge in [0.15, 0.2) is 0 Å². The normalized spacial score (nSPS) is 13.9. The van der Waals surface area contributed by atoms with Gasteiger partial charge in [-0.1, -0.05) is 5.92 Å². The Kier molecular flexibility index (Phi) is 1.78. The molecule has 13 heavy (non-hydrogen) atoms. The minimum Gasteiger partial charge on any atom is -0.332 e. The first-order chi connectivity index (χ1) is 6.31. The van der Waals surface area contributed by atoms with E-state index in [-0.39, 0.29) is 12.3 Å². The van der Waals surface area contributed by atoms with Gasteiger partial charge in [-0.15, -0.1) is 6.42 Å². The van der Waals surface area contributed by atoms with Gasteiger partial charge in [0, 0.05) is 12.1 Å². The third kappa shape index (κ3) is 1.29. The van der Waals surface area contributed by atoms with Gasteiger partial charge in [-0.3, -0.25) is 9.89 Å². The lowest BCUT2D eigenvalue weighted by atomic mass is 10.3. The van der Waals surface area contributed by atoms with Gasteiger partial charge in [0.2, 0.25) is 5.91 Å². The van der Waals surface area contributed by atoms with Crippen LogP contribution in [0.2, 0.25) is 0 Å². The van der Waals surface area contributed by atoms with E-state index in [1.54, 1.807) is 11.1 Å². The second-order valence-corrected chi connectivity index (χ2v) is 3.00. The van der Waals surface area contributed by atoms with E-state index in [1.807, 2.05) is 0 Å². The molecule has 1 N–H and O–H groups in total. The Morgan fingerprint density at radius 3 is 3.31 bits per heavy atom. The van der Waals surface area contributed by atoms with E-state index in [4.69, 9.17) is 6.42 Å². The molecule has 0 spiro atoms. The second-order valence-electron chi connectivity index (χ2n) is 3.00. The molecule has 1 aliphatic rings. The molecule has 4 heteroatoms. The summed E-state index contributed by atoms with van der Waals surface area (Å²) < 4.78 is 0. The molecule has 1 aliphatic heterocycles. The third-order valence-corrected chi connectivity index (χ3v) is 2.12. The number of amides is 1. The molecule has 4 nitrogen and oxygen atoms in total. The molecule has 0 unspecified atom stereocenters. The average Bonchev–Trinajstić information content (AvgIpc) is 2.61. The molecule has 0 saturated carbocycles. The van der Waals surface area contributed by atoms with Crippen molar-refractivity contribution in [2.75, 3.05) is 0 Å². The molecule has 0 bridgehead atoms. The van der Waals surface area contributed by atoms with Crippen LogP contribution in [0.15, 0.2) is 6.20 Å². The van der Waals surface area contributed by atoms with Crippen LogP contribution in [0.1, 0.15) is 17.7 Å². The van der Waals surface area contributed by atoms with Crippen LogP contribution in [-0.4, -0.2) is 21.0 Å². The first-order valence-corrected chi connectivity index (χ1v) is 4.03. The third-order valence-electron chi connectivity index (χ3n) is 2.12. The molecule has 1 aromatic rings. The molecule has 0 aromatic carbocycles. The molecular weight excluding hydrogens is 166 g/mol. The van der Waals surface area contributed by atoms with Crippen LogP contribution in [0.3, 0.4) is 0 Å². The number of nitrogens with zero attached hydrogens (tertiary/aromatic N) is 2. The summed E-state index contributed by atoms with van der Waals surface area (Å²) in [5.41, 5.74) is 2.11. The van der Waals surface area contributed by atoms with Crippen molar-refractivity contribution in [3.63, 3.8) is 0 Å². The molecule has 1 aromatic heterocycles. The van der Waals surface area contributed by atoms with Crippen LogP contribution >= 0.6 is 0 Å². The van der Waals surface area contributed by atoms with E-state index in [0.29, 0.717) is 13.1 Å². The Morgan fingerprint density at radius 1 is 1.77 bits per heavy atom. The molecular formula is C9H9N3O. The van der Waals surface area contributed by atoms with Crippen molar-refractivity contribution in [1.82, 2.24) is 15.1 Å². The van der Waals surface area contributed by atoms with Gasteiger partial charge < -0.3 is 4.90 Å². The number of carbonyl (C=O) groups is 1. The first kappa shape index (κ1) is 7.87. The summed E-state index contributed by atoms with van der Waals surface area (Å²) in [5, 5.41) is 6.73. The number of terminal acetylenes is 1. The molecule has 2 rings (SSSR count). The maximum Gasteiger partial charge on any atom is 0.235 e. The number of aromatic amines is 1. The van der Waals surface area contributed by atoms with Crippen molar-refractivity contribution in [2.24, 2.45) is 0 Å². The fourth-order valence-electron chi connectivity index (χ4n) is 1.44. The largest absolute Gasteiger partial charge is 0.332 e. The van der Waals surface area contributed by atoms with Gasteiger partial charge in [0.05, 0.1) is 24.9 Å². The molecule has 2 heterocycles. The van der Waals surface area contributed by atoms with Crippen molar-refractivity contribution >= 4 is 5.91 Å². The van der Waals surface area contributed by atoms with Crippen LogP contribution < -0.4 is 0 Å². The minimum atomic E-state index is 0.00657. The highest BCUT2D eigenvalue weighted by atomic mass is 16.2. The van der Waals surface area contributed by atoms with Crippen LogP contribution in [0, 0.1) is 12.3 Å². The van der Waals surface area contributed by atoms with Gasteiger partial charge in [0.1, 0.15) is 0 Å². The number of hydrogen-bond acceptors (Lipinski definition) is 2. The zero-order valence-electron chi connectivity index (χ0n) is 7.08. The fraction of sp³-hybridized carbons (Fsp3) is 0.333. The lowest BCUT2D eigenvalue weighted by Gasteiger charge is -2.12. The number of fused-ring (bicyclic) bond motifs is 1. The number of carbonyl (C=O) groups excluding carboxylic acids is 1. The van der Waals surface area contributed by atoms with Crippen molar-refractivity contribution < 1.29 is 4.79 Å². The first-order valence-electron chi connectivity index (χ1n) is 4.03. The van der Waals surface area contributed by atoms with Gasteiger partial charge in [-0.05, 0) is 0 Å². The molecule has 0 atom stereocenters. The van der Waals surface area contributed by atoms with Gasteiger partial charge in [0.25, 0.3) is 0 Å². The summed E-state index contributed by atoms with van der Waals surface area (Å²) >= 11 is 0. The predicted molar refractivity (Wildman–Crippen MR) is 46.3 cm³/mol. The summed E-state index contributed by atoms with van der Waals surface area (Å²) in [4.78, 5) is 13.1. The summed E-state index contributed by atoms with van der Waals surface area (Å²) in [6, 6.07) is 0. The quantitative estimate of drug-likeness (QED) is 0.623. The second kappa shape index (κ2) is 2.94. The molecule has 0 fully saturated rings. The highest BCUT2D eigenvalue weighted by Gasteiger charge is 2.23. The zero-order valence-corrected chi connectivity index (χ0v) is 7.08. The highest BCUT2D eigenvalue weighted by molar-refractivity contribution is 5.79. The topological polar surface area (TPSA) is 49.0 Å². The summed E-state index contributed by atoms with van der Waals surface area (Å²) in [6.45, 7) is 1.24. The number of rotatable bonds is 1. The van der Waals surface area contributed by atoms with Crippen LogP contribution in [0.5, 0.6) is 0 Å². The molecule has 0 saturated heterocycles. The van der Waals surface area contributed by atoms with E-state index in [9.17, 15) is 4.79 Å². The van der Waals surface area contributed by atoms with Crippen molar-refractivity contribution in [3.8, 4) is 12.3 Å².